The molecule has 0 aromatic heterocycles. The minimum absolute atomic E-state index is 0.0167. The van der Waals surface area contributed by atoms with Crippen LogP contribution in [0.15, 0.2) is 42.5 Å². The maximum Gasteiger partial charge on any atom is 0.131 e. The van der Waals surface area contributed by atoms with Gasteiger partial charge in [0.2, 0.25) is 0 Å². The van der Waals surface area contributed by atoms with E-state index in [4.69, 9.17) is 11.6 Å². The molecule has 0 heterocycles. The van der Waals surface area contributed by atoms with Gasteiger partial charge < -0.3 is 5.11 Å². The van der Waals surface area contributed by atoms with E-state index in [1.807, 2.05) is 0 Å². The smallest absolute Gasteiger partial charge is 0.131 e. The van der Waals surface area contributed by atoms with Gasteiger partial charge in [-0.05, 0) is 25.1 Å². The lowest BCUT2D eigenvalue weighted by molar-refractivity contribution is 0.0938. The first-order chi connectivity index (χ1) is 8.43. The fourth-order valence-corrected chi connectivity index (χ4v) is 2.04. The van der Waals surface area contributed by atoms with Gasteiger partial charge in [0.05, 0.1) is 0 Å². The van der Waals surface area contributed by atoms with Gasteiger partial charge in [-0.1, -0.05) is 35.9 Å². The number of aliphatic hydroxyl groups is 1. The van der Waals surface area contributed by atoms with E-state index in [1.54, 1.807) is 6.07 Å². The van der Waals surface area contributed by atoms with Crippen molar-refractivity contribution >= 4 is 11.6 Å². The normalized spacial score (nSPS) is 14.3. The van der Waals surface area contributed by atoms with E-state index in [9.17, 15) is 13.9 Å². The molecule has 0 spiro atoms. The molecule has 0 fully saturated rings. The summed E-state index contributed by atoms with van der Waals surface area (Å²) in [5, 5.41) is 10.6. The molecular formula is C14H11ClF2O. The average molecular weight is 269 g/mol. The van der Waals surface area contributed by atoms with Crippen LogP contribution in [0.3, 0.4) is 0 Å². The lowest BCUT2D eigenvalue weighted by Crippen LogP contribution is -2.25. The summed E-state index contributed by atoms with van der Waals surface area (Å²) in [4.78, 5) is 0. The first-order valence-electron chi connectivity index (χ1n) is 5.36. The lowest BCUT2D eigenvalue weighted by Gasteiger charge is -2.25. The average Bonchev–Trinajstić information content (AvgIpc) is 2.28. The number of rotatable bonds is 2. The zero-order valence-corrected chi connectivity index (χ0v) is 10.4. The van der Waals surface area contributed by atoms with E-state index in [0.717, 1.165) is 6.07 Å². The monoisotopic (exact) mass is 268 g/mol. The molecule has 0 aliphatic carbocycles. The highest BCUT2D eigenvalue weighted by Crippen LogP contribution is 2.33. The molecule has 1 unspecified atom stereocenters. The first-order valence-corrected chi connectivity index (χ1v) is 5.73. The van der Waals surface area contributed by atoms with Crippen molar-refractivity contribution in [1.82, 2.24) is 0 Å². The summed E-state index contributed by atoms with van der Waals surface area (Å²) in [6, 6.07) is 9.63. The van der Waals surface area contributed by atoms with Crippen LogP contribution in [0.25, 0.3) is 0 Å². The number of hydrogen-bond donors (Lipinski definition) is 1. The molecule has 0 aliphatic heterocycles. The first kappa shape index (κ1) is 13.0. The minimum Gasteiger partial charge on any atom is -0.380 e. The molecule has 4 heteroatoms. The summed E-state index contributed by atoms with van der Waals surface area (Å²) in [5.74, 6) is -1.26. The Balaban J connectivity index is 2.58. The van der Waals surface area contributed by atoms with Crippen LogP contribution in [-0.2, 0) is 5.60 Å². The molecule has 0 saturated heterocycles. The Labute approximate surface area is 109 Å². The Morgan fingerprint density at radius 1 is 1.00 bits per heavy atom. The summed E-state index contributed by atoms with van der Waals surface area (Å²) in [7, 11) is 0. The molecule has 2 aromatic carbocycles. The molecule has 2 aromatic rings. The molecule has 0 radical (unpaired) electrons. The summed E-state index contributed by atoms with van der Waals surface area (Å²) >= 11 is 5.65. The second-order valence-electron chi connectivity index (χ2n) is 4.18. The van der Waals surface area contributed by atoms with Crippen molar-refractivity contribution in [2.75, 3.05) is 0 Å². The van der Waals surface area contributed by atoms with Gasteiger partial charge in [-0.15, -0.1) is 0 Å². The van der Waals surface area contributed by atoms with E-state index >= 15 is 0 Å². The van der Waals surface area contributed by atoms with Gasteiger partial charge >= 0.3 is 0 Å². The van der Waals surface area contributed by atoms with Gasteiger partial charge in [-0.25, -0.2) is 8.78 Å². The van der Waals surface area contributed by atoms with Crippen LogP contribution in [-0.4, -0.2) is 5.11 Å². The molecule has 18 heavy (non-hydrogen) atoms. The molecule has 0 saturated carbocycles. The van der Waals surface area contributed by atoms with E-state index in [1.165, 1.54) is 37.3 Å². The Morgan fingerprint density at radius 2 is 1.61 bits per heavy atom. The molecule has 94 valence electrons. The second kappa shape index (κ2) is 4.67. The molecule has 2 rings (SSSR count). The predicted molar refractivity (Wildman–Crippen MR) is 66.5 cm³/mol. The molecule has 1 N–H and O–H groups in total. The third kappa shape index (κ3) is 2.24. The van der Waals surface area contributed by atoms with E-state index in [2.05, 4.69) is 0 Å². The Bertz CT molecular complexity index is 582. The van der Waals surface area contributed by atoms with Crippen molar-refractivity contribution in [3.8, 4) is 0 Å². The third-order valence-electron chi connectivity index (χ3n) is 2.85. The van der Waals surface area contributed by atoms with Crippen LogP contribution in [0.2, 0.25) is 5.02 Å². The lowest BCUT2D eigenvalue weighted by atomic mass is 9.87. The van der Waals surface area contributed by atoms with Crippen LogP contribution < -0.4 is 0 Å². The molecule has 0 amide bonds. The van der Waals surface area contributed by atoms with Gasteiger partial charge in [0, 0.05) is 16.1 Å². The zero-order valence-electron chi connectivity index (χ0n) is 9.62. The van der Waals surface area contributed by atoms with Gasteiger partial charge in [0.1, 0.15) is 17.2 Å². The highest BCUT2D eigenvalue weighted by molar-refractivity contribution is 6.30. The zero-order chi connectivity index (χ0) is 13.3. The molecule has 0 aliphatic rings. The van der Waals surface area contributed by atoms with E-state index in [0.29, 0.717) is 0 Å². The number of benzene rings is 2. The molecule has 0 bridgehead atoms. The highest BCUT2D eigenvalue weighted by Gasteiger charge is 2.31. The largest absolute Gasteiger partial charge is 0.380 e. The molecule has 1 nitrogen and oxygen atoms in total. The quantitative estimate of drug-likeness (QED) is 0.876. The predicted octanol–water partition coefficient (Wildman–Crippen LogP) is 3.87. The Hall–Kier alpha value is -1.45. The van der Waals surface area contributed by atoms with Crippen LogP contribution in [0, 0.1) is 11.6 Å². The summed E-state index contributed by atoms with van der Waals surface area (Å²) in [6.07, 6.45) is 0. The van der Waals surface area contributed by atoms with Crippen LogP contribution in [0.5, 0.6) is 0 Å². The Kier molecular flexibility index (Phi) is 3.37. The van der Waals surface area contributed by atoms with E-state index in [-0.39, 0.29) is 16.1 Å². The van der Waals surface area contributed by atoms with E-state index < -0.39 is 17.2 Å². The van der Waals surface area contributed by atoms with Crippen LogP contribution >= 0.6 is 11.6 Å². The van der Waals surface area contributed by atoms with Crippen molar-refractivity contribution in [1.29, 1.82) is 0 Å². The van der Waals surface area contributed by atoms with Crippen molar-refractivity contribution in [3.63, 3.8) is 0 Å². The van der Waals surface area contributed by atoms with Gasteiger partial charge in [-0.2, -0.15) is 0 Å². The number of hydrogen-bond acceptors (Lipinski definition) is 1. The maximum atomic E-state index is 13.8. The molecule has 1 atom stereocenters. The topological polar surface area (TPSA) is 20.2 Å². The third-order valence-corrected chi connectivity index (χ3v) is 3.09. The van der Waals surface area contributed by atoms with Gasteiger partial charge in [0.15, 0.2) is 0 Å². The summed E-state index contributed by atoms with van der Waals surface area (Å²) in [6.45, 7) is 1.34. The van der Waals surface area contributed by atoms with Crippen LogP contribution in [0.4, 0.5) is 8.78 Å². The second-order valence-corrected chi connectivity index (χ2v) is 4.61. The van der Waals surface area contributed by atoms with Crippen molar-refractivity contribution in [2.24, 2.45) is 0 Å². The standard InChI is InChI=1S/C14H11ClF2O/c1-14(18,10-4-2-3-5-12(10)16)11-7-6-9(15)8-13(11)17/h2-8,18H,1H3. The fourth-order valence-electron chi connectivity index (χ4n) is 1.89. The van der Waals surface area contributed by atoms with Crippen molar-refractivity contribution in [2.45, 2.75) is 12.5 Å². The Morgan fingerprint density at radius 3 is 2.22 bits per heavy atom. The SMILES string of the molecule is CC(O)(c1ccccc1F)c1ccc(Cl)cc1F. The van der Waals surface area contributed by atoms with Gasteiger partial charge in [0.25, 0.3) is 0 Å². The van der Waals surface area contributed by atoms with Crippen molar-refractivity contribution in [3.05, 3.63) is 70.2 Å². The molecular weight excluding hydrogens is 258 g/mol. The summed E-state index contributed by atoms with van der Waals surface area (Å²) in [5.41, 5.74) is -1.75. The number of halogens is 3. The van der Waals surface area contributed by atoms with Crippen molar-refractivity contribution < 1.29 is 13.9 Å². The minimum atomic E-state index is -1.75. The highest BCUT2D eigenvalue weighted by atomic mass is 35.5. The van der Waals surface area contributed by atoms with Gasteiger partial charge in [-0.3, -0.25) is 0 Å². The maximum absolute atomic E-state index is 13.8. The van der Waals surface area contributed by atoms with Crippen LogP contribution in [0.1, 0.15) is 18.1 Å². The summed E-state index contributed by atoms with van der Waals surface area (Å²) < 4.78 is 27.5. The fraction of sp³-hybridized carbons (Fsp3) is 0.143.